The summed E-state index contributed by atoms with van der Waals surface area (Å²) in [5.74, 6) is -0.527. The number of rotatable bonds is 3. The maximum atomic E-state index is 9.60. The normalized spacial score (nSPS) is 12.8. The van der Waals surface area contributed by atoms with E-state index in [1.54, 1.807) is 13.1 Å². The van der Waals surface area contributed by atoms with Gasteiger partial charge in [-0.25, -0.2) is 0 Å². The zero-order chi connectivity index (χ0) is 10.7. The first-order chi connectivity index (χ1) is 6.56. The molecule has 0 spiro atoms. The number of aliphatic hydroxyl groups excluding tert-OH is 1. The highest BCUT2D eigenvalue weighted by Crippen LogP contribution is 2.35. The number of benzene rings is 1. The predicted molar refractivity (Wildman–Crippen MR) is 56.4 cm³/mol. The van der Waals surface area contributed by atoms with Crippen LogP contribution in [-0.4, -0.2) is 28.9 Å². The van der Waals surface area contributed by atoms with Crippen LogP contribution in [0.1, 0.15) is 11.7 Å². The predicted octanol–water partition coefficient (Wildman–Crippen LogP) is 1.11. The number of aromatic hydroxyl groups is 2. The first-order valence-electron chi connectivity index (χ1n) is 4.10. The van der Waals surface area contributed by atoms with Crippen LogP contribution in [0.15, 0.2) is 16.6 Å². The lowest BCUT2D eigenvalue weighted by Gasteiger charge is -2.13. The van der Waals surface area contributed by atoms with Crippen LogP contribution in [0, 0.1) is 0 Å². The monoisotopic (exact) mass is 261 g/mol. The summed E-state index contributed by atoms with van der Waals surface area (Å²) in [5, 5.41) is 31.1. The largest absolute Gasteiger partial charge is 0.504 e. The molecule has 1 aromatic rings. The Morgan fingerprint density at radius 1 is 1.43 bits per heavy atom. The Kier molecular flexibility index (Phi) is 3.74. The number of aliphatic hydroxyl groups is 1. The van der Waals surface area contributed by atoms with Gasteiger partial charge in [-0.15, -0.1) is 0 Å². The first kappa shape index (κ1) is 11.3. The van der Waals surface area contributed by atoms with Crippen LogP contribution in [0.4, 0.5) is 0 Å². The molecule has 1 unspecified atom stereocenters. The highest BCUT2D eigenvalue weighted by Gasteiger charge is 2.15. The highest BCUT2D eigenvalue weighted by molar-refractivity contribution is 9.10. The molecule has 5 heteroatoms. The van der Waals surface area contributed by atoms with Crippen molar-refractivity contribution in [2.24, 2.45) is 0 Å². The highest BCUT2D eigenvalue weighted by atomic mass is 79.9. The van der Waals surface area contributed by atoms with Crippen LogP contribution in [-0.2, 0) is 0 Å². The summed E-state index contributed by atoms with van der Waals surface area (Å²) in [6, 6.07) is 2.93. The van der Waals surface area contributed by atoms with Crippen molar-refractivity contribution in [1.82, 2.24) is 5.32 Å². The van der Waals surface area contributed by atoms with Gasteiger partial charge in [0.15, 0.2) is 11.5 Å². The quantitative estimate of drug-likeness (QED) is 0.616. The van der Waals surface area contributed by atoms with Gasteiger partial charge in [0, 0.05) is 16.6 Å². The van der Waals surface area contributed by atoms with E-state index in [1.165, 1.54) is 6.07 Å². The Morgan fingerprint density at radius 2 is 2.07 bits per heavy atom. The fourth-order valence-corrected chi connectivity index (χ4v) is 1.63. The third-order valence-electron chi connectivity index (χ3n) is 1.84. The minimum absolute atomic E-state index is 0.246. The van der Waals surface area contributed by atoms with Crippen molar-refractivity contribution in [3.05, 3.63) is 22.2 Å². The minimum atomic E-state index is -0.844. The first-order valence-corrected chi connectivity index (χ1v) is 4.89. The SMILES string of the molecule is CNCC(O)c1cc(Br)cc(O)c1O. The Balaban J connectivity index is 3.07. The smallest absolute Gasteiger partial charge is 0.163 e. The maximum Gasteiger partial charge on any atom is 0.163 e. The fourth-order valence-electron chi connectivity index (χ4n) is 1.16. The average molecular weight is 262 g/mol. The van der Waals surface area contributed by atoms with E-state index in [4.69, 9.17) is 0 Å². The molecule has 0 heterocycles. The number of halogens is 1. The standard InChI is InChI=1S/C9H12BrNO3/c1-11-4-8(13)6-2-5(10)3-7(12)9(6)14/h2-3,8,11-14H,4H2,1H3. The van der Waals surface area contributed by atoms with Gasteiger partial charge < -0.3 is 20.6 Å². The molecule has 4 nitrogen and oxygen atoms in total. The minimum Gasteiger partial charge on any atom is -0.504 e. The summed E-state index contributed by atoms with van der Waals surface area (Å²) >= 11 is 3.16. The number of phenolic OH excluding ortho intramolecular Hbond substituents is 2. The molecule has 0 bridgehead atoms. The van der Waals surface area contributed by atoms with E-state index in [9.17, 15) is 15.3 Å². The molecule has 1 rings (SSSR count). The van der Waals surface area contributed by atoms with Gasteiger partial charge in [-0.05, 0) is 19.2 Å². The average Bonchev–Trinajstić information content (AvgIpc) is 2.11. The fraction of sp³-hybridized carbons (Fsp3) is 0.333. The molecule has 78 valence electrons. The number of hydrogen-bond donors (Lipinski definition) is 4. The summed E-state index contributed by atoms with van der Waals surface area (Å²) in [5.41, 5.74) is 0.297. The molecule has 1 aromatic carbocycles. The molecule has 0 aromatic heterocycles. The Bertz CT molecular complexity index is 330. The van der Waals surface area contributed by atoms with E-state index in [-0.39, 0.29) is 11.5 Å². The number of likely N-dealkylation sites (N-methyl/N-ethyl adjacent to an activating group) is 1. The van der Waals surface area contributed by atoms with Crippen LogP contribution in [0.5, 0.6) is 11.5 Å². The van der Waals surface area contributed by atoms with E-state index in [0.29, 0.717) is 16.6 Å². The number of nitrogens with one attached hydrogen (secondary N) is 1. The molecule has 0 aliphatic rings. The van der Waals surface area contributed by atoms with Gasteiger partial charge in [-0.3, -0.25) is 0 Å². The van der Waals surface area contributed by atoms with E-state index in [2.05, 4.69) is 21.2 Å². The van der Waals surface area contributed by atoms with E-state index in [0.717, 1.165) is 0 Å². The molecule has 14 heavy (non-hydrogen) atoms. The van der Waals surface area contributed by atoms with Crippen molar-refractivity contribution in [1.29, 1.82) is 0 Å². The van der Waals surface area contributed by atoms with E-state index < -0.39 is 6.10 Å². The summed E-state index contributed by atoms with van der Waals surface area (Å²) in [6.07, 6.45) is -0.844. The second-order valence-electron chi connectivity index (χ2n) is 2.94. The van der Waals surface area contributed by atoms with E-state index in [1.807, 2.05) is 0 Å². The van der Waals surface area contributed by atoms with Crippen LogP contribution < -0.4 is 5.32 Å². The molecule has 4 N–H and O–H groups in total. The Labute approximate surface area is 90.3 Å². The van der Waals surface area contributed by atoms with Gasteiger partial charge in [-0.2, -0.15) is 0 Å². The molecule has 0 aliphatic heterocycles. The molecule has 0 aliphatic carbocycles. The van der Waals surface area contributed by atoms with Gasteiger partial charge in [0.2, 0.25) is 0 Å². The second-order valence-corrected chi connectivity index (χ2v) is 3.85. The lowest BCUT2D eigenvalue weighted by molar-refractivity contribution is 0.173. The number of hydrogen-bond acceptors (Lipinski definition) is 4. The van der Waals surface area contributed by atoms with Crippen molar-refractivity contribution >= 4 is 15.9 Å². The van der Waals surface area contributed by atoms with Gasteiger partial charge in [0.1, 0.15) is 0 Å². The topological polar surface area (TPSA) is 72.7 Å². The lowest BCUT2D eigenvalue weighted by Crippen LogP contribution is -2.16. The zero-order valence-corrected chi connectivity index (χ0v) is 9.24. The van der Waals surface area contributed by atoms with Crippen LogP contribution >= 0.6 is 15.9 Å². The molecule has 0 fully saturated rings. The van der Waals surface area contributed by atoms with Crippen molar-refractivity contribution in [3.8, 4) is 11.5 Å². The molecular weight excluding hydrogens is 250 g/mol. The molecule has 0 radical (unpaired) electrons. The van der Waals surface area contributed by atoms with Crippen molar-refractivity contribution in [3.63, 3.8) is 0 Å². The van der Waals surface area contributed by atoms with Gasteiger partial charge >= 0.3 is 0 Å². The van der Waals surface area contributed by atoms with E-state index >= 15 is 0 Å². The zero-order valence-electron chi connectivity index (χ0n) is 7.66. The summed E-state index contributed by atoms with van der Waals surface area (Å²) < 4.78 is 0.609. The summed E-state index contributed by atoms with van der Waals surface area (Å²) in [7, 11) is 1.69. The molecule has 1 atom stereocenters. The van der Waals surface area contributed by atoms with Crippen LogP contribution in [0.2, 0.25) is 0 Å². The molecule has 0 saturated heterocycles. The Morgan fingerprint density at radius 3 is 2.64 bits per heavy atom. The summed E-state index contributed by atoms with van der Waals surface area (Å²) in [4.78, 5) is 0. The van der Waals surface area contributed by atoms with Crippen molar-refractivity contribution < 1.29 is 15.3 Å². The number of phenols is 2. The van der Waals surface area contributed by atoms with Crippen LogP contribution in [0.3, 0.4) is 0 Å². The molecule has 0 amide bonds. The van der Waals surface area contributed by atoms with Crippen molar-refractivity contribution in [2.75, 3.05) is 13.6 Å². The van der Waals surface area contributed by atoms with Gasteiger partial charge in [0.25, 0.3) is 0 Å². The van der Waals surface area contributed by atoms with Gasteiger partial charge in [0.05, 0.1) is 6.10 Å². The second kappa shape index (κ2) is 4.63. The maximum absolute atomic E-state index is 9.60. The summed E-state index contributed by atoms with van der Waals surface area (Å²) in [6.45, 7) is 0.309. The van der Waals surface area contributed by atoms with Crippen molar-refractivity contribution in [2.45, 2.75) is 6.10 Å². The van der Waals surface area contributed by atoms with Crippen LogP contribution in [0.25, 0.3) is 0 Å². The third kappa shape index (κ3) is 2.37. The lowest BCUT2D eigenvalue weighted by atomic mass is 10.1. The van der Waals surface area contributed by atoms with Gasteiger partial charge in [-0.1, -0.05) is 15.9 Å². The third-order valence-corrected chi connectivity index (χ3v) is 2.30. The molecular formula is C9H12BrNO3. The Hall–Kier alpha value is -0.780. The molecule has 0 saturated carbocycles.